The van der Waals surface area contributed by atoms with E-state index in [9.17, 15) is 9.59 Å². The van der Waals surface area contributed by atoms with E-state index < -0.39 is 18.5 Å². The average molecular weight is 415 g/mol. The molecule has 0 saturated carbocycles. The third-order valence-electron chi connectivity index (χ3n) is 4.10. The van der Waals surface area contributed by atoms with Crippen LogP contribution in [0.2, 0.25) is 0 Å². The maximum Gasteiger partial charge on any atom is 0.338 e. The molecule has 30 heavy (non-hydrogen) atoms. The number of rotatable bonds is 11. The molecule has 0 aromatic heterocycles. The molecule has 2 rings (SSSR count). The van der Waals surface area contributed by atoms with Gasteiger partial charge in [-0.25, -0.2) is 4.79 Å². The largest absolute Gasteiger partial charge is 0.490 e. The number of anilines is 1. The van der Waals surface area contributed by atoms with Crippen molar-refractivity contribution in [3.63, 3.8) is 0 Å². The molecule has 0 aliphatic rings. The van der Waals surface area contributed by atoms with Gasteiger partial charge in [-0.2, -0.15) is 0 Å². The van der Waals surface area contributed by atoms with Crippen LogP contribution in [0.4, 0.5) is 5.69 Å². The number of nitrogens with one attached hydrogen (secondary N) is 1. The lowest BCUT2D eigenvalue weighted by atomic mass is 10.1. The van der Waals surface area contributed by atoms with Crippen molar-refractivity contribution in [2.24, 2.45) is 0 Å². The summed E-state index contributed by atoms with van der Waals surface area (Å²) in [5.41, 5.74) is 1.98. The minimum atomic E-state index is -0.655. The van der Waals surface area contributed by atoms with Gasteiger partial charge in [-0.1, -0.05) is 19.1 Å². The van der Waals surface area contributed by atoms with Crippen LogP contribution < -0.4 is 19.5 Å². The summed E-state index contributed by atoms with van der Waals surface area (Å²) in [5, 5.41) is 2.73. The predicted molar refractivity (Wildman–Crippen MR) is 115 cm³/mol. The van der Waals surface area contributed by atoms with Gasteiger partial charge >= 0.3 is 5.97 Å². The van der Waals surface area contributed by atoms with E-state index in [1.54, 1.807) is 6.07 Å². The lowest BCUT2D eigenvalue weighted by Crippen LogP contribution is -2.21. The fraction of sp³-hybridized carbons (Fsp3) is 0.391. The fourth-order valence-electron chi connectivity index (χ4n) is 2.79. The third kappa shape index (κ3) is 6.40. The second-order valence-electron chi connectivity index (χ2n) is 6.28. The highest BCUT2D eigenvalue weighted by atomic mass is 16.5. The van der Waals surface area contributed by atoms with Crippen LogP contribution in [0.3, 0.4) is 0 Å². The molecule has 0 heterocycles. The van der Waals surface area contributed by atoms with Gasteiger partial charge in [0.15, 0.2) is 18.1 Å². The molecule has 0 radical (unpaired) electrons. The molecule has 0 spiro atoms. The van der Waals surface area contributed by atoms with Crippen LogP contribution in [0, 0.1) is 0 Å². The van der Waals surface area contributed by atoms with Crippen LogP contribution in [0.5, 0.6) is 17.2 Å². The van der Waals surface area contributed by atoms with Crippen molar-refractivity contribution in [2.45, 2.75) is 34.1 Å². The van der Waals surface area contributed by atoms with Gasteiger partial charge in [0.25, 0.3) is 5.91 Å². The molecule has 0 aliphatic heterocycles. The summed E-state index contributed by atoms with van der Waals surface area (Å²) in [6.07, 6.45) is 0.862. The van der Waals surface area contributed by atoms with E-state index >= 15 is 0 Å². The fourth-order valence-corrected chi connectivity index (χ4v) is 2.79. The summed E-state index contributed by atoms with van der Waals surface area (Å²) in [5.74, 6) is 0.137. The van der Waals surface area contributed by atoms with Crippen LogP contribution in [-0.4, -0.2) is 38.3 Å². The van der Waals surface area contributed by atoms with Crippen LogP contribution in [-0.2, 0) is 16.0 Å². The maximum absolute atomic E-state index is 12.5. The number of hydrogen-bond acceptors (Lipinski definition) is 6. The highest BCUT2D eigenvalue weighted by Crippen LogP contribution is 2.39. The van der Waals surface area contributed by atoms with E-state index in [4.69, 9.17) is 18.9 Å². The Morgan fingerprint density at radius 1 is 0.867 bits per heavy atom. The summed E-state index contributed by atoms with van der Waals surface area (Å²) < 4.78 is 22.0. The Kier molecular flexibility index (Phi) is 9.00. The van der Waals surface area contributed by atoms with Crippen LogP contribution in [0.25, 0.3) is 0 Å². The number of carbonyl (C=O) groups is 2. The Labute approximate surface area is 177 Å². The highest BCUT2D eigenvalue weighted by molar-refractivity contribution is 5.96. The molecule has 1 amide bonds. The van der Waals surface area contributed by atoms with E-state index in [0.29, 0.717) is 42.8 Å². The van der Waals surface area contributed by atoms with Gasteiger partial charge in [0.05, 0.1) is 25.4 Å². The lowest BCUT2D eigenvalue weighted by Gasteiger charge is -2.16. The molecule has 0 aliphatic carbocycles. The first-order valence-corrected chi connectivity index (χ1v) is 10.1. The second-order valence-corrected chi connectivity index (χ2v) is 6.28. The third-order valence-corrected chi connectivity index (χ3v) is 4.10. The molecule has 1 N–H and O–H groups in total. The van der Waals surface area contributed by atoms with Crippen LogP contribution >= 0.6 is 0 Å². The first-order chi connectivity index (χ1) is 14.5. The Morgan fingerprint density at radius 3 is 2.07 bits per heavy atom. The number of hydrogen-bond donors (Lipinski definition) is 1. The SMILES string of the molecule is CCOc1cc(C(=O)OCC(=O)Nc2cccc(CC)c2)cc(OCC)c1OCC. The van der Waals surface area contributed by atoms with Gasteiger partial charge < -0.3 is 24.3 Å². The zero-order valence-electron chi connectivity index (χ0n) is 17.9. The molecule has 0 unspecified atom stereocenters. The number of carbonyl (C=O) groups excluding carboxylic acids is 2. The van der Waals surface area contributed by atoms with Gasteiger partial charge in [0.2, 0.25) is 5.75 Å². The zero-order chi connectivity index (χ0) is 21.9. The summed E-state index contributed by atoms with van der Waals surface area (Å²) in [6, 6.07) is 10.6. The number of ether oxygens (including phenoxy) is 4. The van der Waals surface area contributed by atoms with Crippen molar-refractivity contribution >= 4 is 17.6 Å². The van der Waals surface area contributed by atoms with Crippen molar-refractivity contribution in [3.8, 4) is 17.2 Å². The quantitative estimate of drug-likeness (QED) is 0.553. The molecule has 7 nitrogen and oxygen atoms in total. The molecular weight excluding hydrogens is 386 g/mol. The van der Waals surface area contributed by atoms with Crippen LogP contribution in [0.1, 0.15) is 43.6 Å². The number of esters is 1. The van der Waals surface area contributed by atoms with Crippen molar-refractivity contribution in [3.05, 3.63) is 47.5 Å². The van der Waals surface area contributed by atoms with E-state index in [-0.39, 0.29) is 5.56 Å². The van der Waals surface area contributed by atoms with Gasteiger partial charge in [-0.05, 0) is 57.0 Å². The van der Waals surface area contributed by atoms with Gasteiger partial charge in [-0.15, -0.1) is 0 Å². The number of amides is 1. The van der Waals surface area contributed by atoms with E-state index in [1.807, 2.05) is 45.9 Å². The van der Waals surface area contributed by atoms with Gasteiger partial charge in [-0.3, -0.25) is 4.79 Å². The predicted octanol–water partition coefficient (Wildman–Crippen LogP) is 4.24. The van der Waals surface area contributed by atoms with Crippen molar-refractivity contribution in [1.29, 1.82) is 0 Å². The van der Waals surface area contributed by atoms with Crippen molar-refractivity contribution in [1.82, 2.24) is 0 Å². The maximum atomic E-state index is 12.5. The summed E-state index contributed by atoms with van der Waals surface area (Å²) in [4.78, 5) is 24.7. The normalized spacial score (nSPS) is 10.3. The Hall–Kier alpha value is -3.22. The van der Waals surface area contributed by atoms with Gasteiger partial charge in [0, 0.05) is 5.69 Å². The molecule has 2 aromatic carbocycles. The average Bonchev–Trinajstić information content (AvgIpc) is 2.74. The lowest BCUT2D eigenvalue weighted by molar-refractivity contribution is -0.119. The first-order valence-electron chi connectivity index (χ1n) is 10.1. The Morgan fingerprint density at radius 2 is 1.50 bits per heavy atom. The monoisotopic (exact) mass is 415 g/mol. The molecule has 7 heteroatoms. The van der Waals surface area contributed by atoms with Crippen LogP contribution in [0.15, 0.2) is 36.4 Å². The van der Waals surface area contributed by atoms with Crippen molar-refractivity contribution < 1.29 is 28.5 Å². The topological polar surface area (TPSA) is 83.1 Å². The highest BCUT2D eigenvalue weighted by Gasteiger charge is 2.20. The standard InChI is InChI=1S/C23H29NO6/c1-5-16-10-9-11-18(12-16)24-21(25)15-30-23(26)17-13-19(27-6-2)22(29-8-4)20(14-17)28-7-3/h9-14H,5-8,15H2,1-4H3,(H,24,25). The first kappa shape index (κ1) is 23.1. The molecule has 0 saturated heterocycles. The molecule has 0 fully saturated rings. The molecule has 0 bridgehead atoms. The molecule has 162 valence electrons. The molecule has 0 atom stereocenters. The van der Waals surface area contributed by atoms with Crippen molar-refractivity contribution in [2.75, 3.05) is 31.7 Å². The second kappa shape index (κ2) is 11.7. The van der Waals surface area contributed by atoms with E-state index in [1.165, 1.54) is 12.1 Å². The van der Waals surface area contributed by atoms with E-state index in [0.717, 1.165) is 12.0 Å². The summed E-state index contributed by atoms with van der Waals surface area (Å²) in [7, 11) is 0. The zero-order valence-corrected chi connectivity index (χ0v) is 17.9. The minimum Gasteiger partial charge on any atom is -0.490 e. The molecular formula is C23H29NO6. The smallest absolute Gasteiger partial charge is 0.338 e. The minimum absolute atomic E-state index is 0.214. The summed E-state index contributed by atoms with van der Waals surface area (Å²) in [6.45, 7) is 8.35. The molecule has 2 aromatic rings. The Balaban J connectivity index is 2.10. The summed E-state index contributed by atoms with van der Waals surface area (Å²) >= 11 is 0. The van der Waals surface area contributed by atoms with E-state index in [2.05, 4.69) is 5.32 Å². The Bertz CT molecular complexity index is 838. The number of aryl methyl sites for hydroxylation is 1. The number of benzene rings is 2. The van der Waals surface area contributed by atoms with Gasteiger partial charge in [0.1, 0.15) is 0 Å².